The molecule has 0 saturated carbocycles. The van der Waals surface area contributed by atoms with Crippen molar-refractivity contribution in [1.82, 2.24) is 9.47 Å². The number of hydrogen-bond donors (Lipinski definition) is 2. The predicted molar refractivity (Wildman–Crippen MR) is 137 cm³/mol. The van der Waals surface area contributed by atoms with E-state index in [1.54, 1.807) is 36.5 Å². The molecule has 2 aromatic rings. The fraction of sp³-hybridized carbons (Fsp3) is 0.462. The Morgan fingerprint density at radius 3 is 1.89 bits per heavy atom. The predicted octanol–water partition coefficient (Wildman–Crippen LogP) is 4.57. The summed E-state index contributed by atoms with van der Waals surface area (Å²) in [5, 5.41) is 12.1. The van der Waals surface area contributed by atoms with E-state index in [2.05, 4.69) is 5.32 Å². The number of imide groups is 1. The molecular weight excluding hydrogens is 470 g/mol. The zero-order chi connectivity index (χ0) is 24.3. The molecule has 1 aliphatic heterocycles. The van der Waals surface area contributed by atoms with E-state index in [1.807, 2.05) is 0 Å². The number of aromatic nitrogens is 1. The van der Waals surface area contributed by atoms with Crippen molar-refractivity contribution in [3.8, 4) is 0 Å². The third-order valence-corrected chi connectivity index (χ3v) is 6.05. The monoisotopic (exact) mass is 503 g/mol. The molecule has 0 saturated heterocycles. The van der Waals surface area contributed by atoms with Crippen LogP contribution >= 0.6 is 12.4 Å². The maximum atomic E-state index is 12.3. The number of fused-ring (bicyclic) bond motifs is 1. The lowest BCUT2D eigenvalue weighted by atomic mass is 10.1. The average Bonchev–Trinajstić information content (AvgIpc) is 3.06. The number of carboxylic acids is 1. The van der Waals surface area contributed by atoms with Crippen molar-refractivity contribution in [2.45, 2.75) is 64.3 Å². The molecule has 1 aromatic heterocycles. The number of rotatable bonds is 15. The van der Waals surface area contributed by atoms with Crippen molar-refractivity contribution in [1.29, 1.82) is 0 Å². The normalized spacial score (nSPS) is 12.4. The summed E-state index contributed by atoms with van der Waals surface area (Å²) in [5.41, 5.74) is 1.47. The summed E-state index contributed by atoms with van der Waals surface area (Å²) < 4.78 is 1.19. The Balaban J connectivity index is 0.00000432. The Morgan fingerprint density at radius 2 is 1.31 bits per heavy atom. The van der Waals surface area contributed by atoms with Gasteiger partial charge in [0.1, 0.15) is 6.54 Å². The largest absolute Gasteiger partial charge is 0.480 e. The number of pyridine rings is 1. The van der Waals surface area contributed by atoms with Gasteiger partial charge in [0, 0.05) is 25.4 Å². The molecule has 190 valence electrons. The lowest BCUT2D eigenvalue weighted by molar-refractivity contribution is -0.137. The number of carbonyl (C=O) groups is 3. The SMILES string of the molecule is Cl.O=C(O)Cn1cc(NCCCCCCCCCCCN2C(=O)c3ccccc3C2=O)ccc1=O. The van der Waals surface area contributed by atoms with E-state index in [4.69, 9.17) is 5.11 Å². The summed E-state index contributed by atoms with van der Waals surface area (Å²) in [6, 6.07) is 10.1. The molecule has 0 spiro atoms. The van der Waals surface area contributed by atoms with Gasteiger partial charge in [-0.2, -0.15) is 0 Å². The number of carbonyl (C=O) groups excluding carboxylic acids is 2. The van der Waals surface area contributed by atoms with E-state index in [0.29, 0.717) is 17.7 Å². The summed E-state index contributed by atoms with van der Waals surface area (Å²) in [5.74, 6) is -1.38. The topological polar surface area (TPSA) is 109 Å². The van der Waals surface area contributed by atoms with Crippen LogP contribution < -0.4 is 10.9 Å². The van der Waals surface area contributed by atoms with Crippen LogP contribution in [0.2, 0.25) is 0 Å². The lowest BCUT2D eigenvalue weighted by Crippen LogP contribution is -2.30. The molecule has 0 atom stereocenters. The third-order valence-electron chi connectivity index (χ3n) is 6.05. The summed E-state index contributed by atoms with van der Waals surface area (Å²) in [6.07, 6.45) is 11.3. The number of hydrogen-bond acceptors (Lipinski definition) is 5. The number of carboxylic acid groups (broad SMARTS) is 1. The molecule has 0 fully saturated rings. The highest BCUT2D eigenvalue weighted by molar-refractivity contribution is 6.21. The summed E-state index contributed by atoms with van der Waals surface area (Å²) >= 11 is 0. The second-order valence-electron chi connectivity index (χ2n) is 8.69. The zero-order valence-corrected chi connectivity index (χ0v) is 20.7. The van der Waals surface area contributed by atoms with Crippen LogP contribution in [0.3, 0.4) is 0 Å². The maximum absolute atomic E-state index is 12.3. The Hall–Kier alpha value is -3.13. The van der Waals surface area contributed by atoms with E-state index in [9.17, 15) is 19.2 Å². The second-order valence-corrected chi connectivity index (χ2v) is 8.69. The number of nitrogens with zero attached hydrogens (tertiary/aromatic N) is 2. The number of nitrogens with one attached hydrogen (secondary N) is 1. The Labute approximate surface area is 211 Å². The first kappa shape index (κ1) is 28.1. The third kappa shape index (κ3) is 8.24. The van der Waals surface area contributed by atoms with Crippen molar-refractivity contribution in [2.75, 3.05) is 18.4 Å². The number of halogens is 1. The first-order valence-corrected chi connectivity index (χ1v) is 12.1. The Morgan fingerprint density at radius 1 is 0.771 bits per heavy atom. The van der Waals surface area contributed by atoms with Gasteiger partial charge >= 0.3 is 5.97 Å². The molecule has 0 aliphatic carbocycles. The second kappa shape index (κ2) is 14.3. The minimum atomic E-state index is -1.04. The van der Waals surface area contributed by atoms with Gasteiger partial charge in [-0.25, -0.2) is 0 Å². The Bertz CT molecular complexity index is 1030. The first-order valence-electron chi connectivity index (χ1n) is 12.1. The Kier molecular flexibility index (Phi) is 11.5. The minimum Gasteiger partial charge on any atom is -0.480 e. The van der Waals surface area contributed by atoms with E-state index in [1.165, 1.54) is 28.4 Å². The quantitative estimate of drug-likeness (QED) is 0.272. The maximum Gasteiger partial charge on any atom is 0.323 e. The highest BCUT2D eigenvalue weighted by Crippen LogP contribution is 2.23. The van der Waals surface area contributed by atoms with Crippen molar-refractivity contribution < 1.29 is 19.5 Å². The molecule has 3 rings (SSSR count). The van der Waals surface area contributed by atoms with Crippen LogP contribution in [0.1, 0.15) is 78.5 Å². The van der Waals surface area contributed by atoms with Gasteiger partial charge < -0.3 is 15.0 Å². The van der Waals surface area contributed by atoms with Gasteiger partial charge in [0.25, 0.3) is 17.4 Å². The molecule has 35 heavy (non-hydrogen) atoms. The van der Waals surface area contributed by atoms with Crippen LogP contribution in [0.4, 0.5) is 5.69 Å². The summed E-state index contributed by atoms with van der Waals surface area (Å²) in [4.78, 5) is 48.5. The number of aliphatic carboxylic acids is 1. The van der Waals surface area contributed by atoms with Crippen molar-refractivity contribution in [2.24, 2.45) is 0 Å². The summed E-state index contributed by atoms with van der Waals surface area (Å²) in [7, 11) is 0. The van der Waals surface area contributed by atoms with E-state index in [-0.39, 0.29) is 36.3 Å². The standard InChI is InChI=1S/C26H33N3O5.ClH/c30-23-15-14-20(18-28(23)19-24(31)32)27-16-10-6-4-2-1-3-5-7-11-17-29-25(33)21-12-8-9-13-22(21)26(29)34;/h8-9,12-15,18,27H,1-7,10-11,16-17,19H2,(H,31,32);1H. The molecule has 2 heterocycles. The highest BCUT2D eigenvalue weighted by atomic mass is 35.5. The van der Waals surface area contributed by atoms with Crippen LogP contribution in [0, 0.1) is 0 Å². The van der Waals surface area contributed by atoms with E-state index in [0.717, 1.165) is 57.2 Å². The molecule has 0 radical (unpaired) electrons. The first-order chi connectivity index (χ1) is 16.5. The smallest absolute Gasteiger partial charge is 0.323 e. The molecule has 0 bridgehead atoms. The molecular formula is C26H34ClN3O5. The molecule has 1 aromatic carbocycles. The van der Waals surface area contributed by atoms with Gasteiger partial charge in [-0.1, -0.05) is 57.1 Å². The zero-order valence-electron chi connectivity index (χ0n) is 19.9. The number of benzene rings is 1. The highest BCUT2D eigenvalue weighted by Gasteiger charge is 2.34. The fourth-order valence-corrected chi connectivity index (χ4v) is 4.21. The molecule has 8 nitrogen and oxygen atoms in total. The molecule has 9 heteroatoms. The molecule has 0 unspecified atom stereocenters. The van der Waals surface area contributed by atoms with Crippen LogP contribution in [-0.4, -0.2) is 45.4 Å². The van der Waals surface area contributed by atoms with Gasteiger partial charge in [0.15, 0.2) is 0 Å². The van der Waals surface area contributed by atoms with Crippen LogP contribution in [0.15, 0.2) is 47.4 Å². The fourth-order valence-electron chi connectivity index (χ4n) is 4.21. The lowest BCUT2D eigenvalue weighted by Gasteiger charge is -2.13. The van der Waals surface area contributed by atoms with Gasteiger partial charge in [-0.15, -0.1) is 12.4 Å². The van der Waals surface area contributed by atoms with Crippen molar-refractivity contribution in [3.63, 3.8) is 0 Å². The molecule has 2 N–H and O–H groups in total. The number of anilines is 1. The average molecular weight is 504 g/mol. The van der Waals surface area contributed by atoms with Crippen LogP contribution in [0.5, 0.6) is 0 Å². The van der Waals surface area contributed by atoms with E-state index >= 15 is 0 Å². The molecule has 1 aliphatic rings. The molecule has 2 amide bonds. The van der Waals surface area contributed by atoms with Crippen molar-refractivity contribution >= 4 is 35.9 Å². The number of amides is 2. The van der Waals surface area contributed by atoms with Gasteiger partial charge in [0.2, 0.25) is 0 Å². The van der Waals surface area contributed by atoms with E-state index < -0.39 is 5.97 Å². The van der Waals surface area contributed by atoms with Gasteiger partial charge in [0.05, 0.1) is 16.8 Å². The van der Waals surface area contributed by atoms with Crippen LogP contribution in [-0.2, 0) is 11.3 Å². The van der Waals surface area contributed by atoms with Crippen molar-refractivity contribution in [3.05, 3.63) is 64.1 Å². The number of unbranched alkanes of at least 4 members (excludes halogenated alkanes) is 8. The van der Waals surface area contributed by atoms with Crippen LogP contribution in [0.25, 0.3) is 0 Å². The van der Waals surface area contributed by atoms with Gasteiger partial charge in [-0.3, -0.25) is 24.1 Å². The summed E-state index contributed by atoms with van der Waals surface area (Å²) in [6.45, 7) is 0.938. The minimum absolute atomic E-state index is 0. The van der Waals surface area contributed by atoms with Gasteiger partial charge in [-0.05, 0) is 31.0 Å².